The monoisotopic (exact) mass is 606 g/mol. The van der Waals surface area contributed by atoms with Crippen molar-refractivity contribution in [1.82, 2.24) is 9.97 Å². The van der Waals surface area contributed by atoms with Gasteiger partial charge in [0.05, 0.1) is 11.0 Å². The summed E-state index contributed by atoms with van der Waals surface area (Å²) in [6.45, 7) is 0. The predicted octanol–water partition coefficient (Wildman–Crippen LogP) is 9.50. The van der Waals surface area contributed by atoms with E-state index in [0.717, 1.165) is 70.6 Å². The fourth-order valence-corrected chi connectivity index (χ4v) is 9.78. The van der Waals surface area contributed by atoms with Gasteiger partial charge in [0, 0.05) is 32.2 Å². The molecule has 0 unspecified atom stereocenters. The standard InChI is InChI=1S/C42H27N2OP/c45-46(32-16-6-2-7-17-32,33-18-8-3-9-19-33)39-27-36(29-13-4-1-5-14-29)34-22-24-37-41-38(25-23-35(39)40(34)41)44-42(43-37)31-21-20-28-12-10-11-15-30(28)26-31/h1-27H. The van der Waals surface area contributed by atoms with E-state index in [-0.39, 0.29) is 0 Å². The number of benzene rings is 8. The van der Waals surface area contributed by atoms with Crippen molar-refractivity contribution < 1.29 is 4.57 Å². The highest BCUT2D eigenvalue weighted by molar-refractivity contribution is 7.85. The van der Waals surface area contributed by atoms with Crippen LogP contribution in [-0.2, 0) is 4.57 Å². The van der Waals surface area contributed by atoms with Gasteiger partial charge in [0.15, 0.2) is 13.0 Å². The first kappa shape index (κ1) is 26.7. The second kappa shape index (κ2) is 10.5. The smallest absolute Gasteiger partial charge is 0.171 e. The minimum Gasteiger partial charge on any atom is -0.309 e. The molecule has 0 aliphatic rings. The molecule has 0 fully saturated rings. The topological polar surface area (TPSA) is 42.9 Å². The molecule has 0 aliphatic carbocycles. The molecule has 4 heteroatoms. The number of fused-ring (bicyclic) bond motifs is 1. The Morgan fingerprint density at radius 3 is 1.65 bits per heavy atom. The lowest BCUT2D eigenvalue weighted by molar-refractivity contribution is 0.592. The van der Waals surface area contributed by atoms with Crippen molar-refractivity contribution in [3.8, 4) is 22.5 Å². The Hall–Kier alpha value is -5.63. The quantitative estimate of drug-likeness (QED) is 0.145. The molecule has 0 N–H and O–H groups in total. The first-order valence-electron chi connectivity index (χ1n) is 15.4. The molecule has 216 valence electrons. The van der Waals surface area contributed by atoms with E-state index in [1.54, 1.807) is 0 Å². The van der Waals surface area contributed by atoms with Crippen LogP contribution >= 0.6 is 7.14 Å². The van der Waals surface area contributed by atoms with Crippen LogP contribution in [0, 0.1) is 0 Å². The van der Waals surface area contributed by atoms with Gasteiger partial charge in [0.25, 0.3) is 0 Å². The third-order valence-corrected chi connectivity index (χ3v) is 12.2. The molecule has 0 spiro atoms. The van der Waals surface area contributed by atoms with Crippen LogP contribution < -0.4 is 15.9 Å². The van der Waals surface area contributed by atoms with Crippen LogP contribution in [0.2, 0.25) is 0 Å². The molecule has 0 atom stereocenters. The van der Waals surface area contributed by atoms with Gasteiger partial charge in [-0.3, -0.25) is 0 Å². The molecule has 46 heavy (non-hydrogen) atoms. The van der Waals surface area contributed by atoms with Gasteiger partial charge < -0.3 is 4.57 Å². The summed E-state index contributed by atoms with van der Waals surface area (Å²) in [5, 5.41) is 8.88. The minimum atomic E-state index is -3.30. The number of aromatic nitrogens is 2. The van der Waals surface area contributed by atoms with Crippen LogP contribution in [0.25, 0.3) is 65.9 Å². The molecule has 8 aromatic carbocycles. The van der Waals surface area contributed by atoms with Crippen LogP contribution in [-0.4, -0.2) is 9.97 Å². The molecule has 0 saturated carbocycles. The summed E-state index contributed by atoms with van der Waals surface area (Å²) in [5.74, 6) is 0.694. The largest absolute Gasteiger partial charge is 0.309 e. The predicted molar refractivity (Wildman–Crippen MR) is 194 cm³/mol. The van der Waals surface area contributed by atoms with E-state index in [4.69, 9.17) is 9.97 Å². The molecule has 0 aliphatic heterocycles. The lowest BCUT2D eigenvalue weighted by Gasteiger charge is -2.24. The highest BCUT2D eigenvalue weighted by Gasteiger charge is 2.33. The highest BCUT2D eigenvalue weighted by atomic mass is 31.2. The molecule has 0 saturated heterocycles. The number of nitrogens with zero attached hydrogens (tertiary/aromatic N) is 2. The maximum absolute atomic E-state index is 15.9. The Morgan fingerprint density at radius 2 is 1.00 bits per heavy atom. The van der Waals surface area contributed by atoms with Crippen molar-refractivity contribution in [3.05, 3.63) is 164 Å². The Balaban J connectivity index is 1.39. The van der Waals surface area contributed by atoms with E-state index < -0.39 is 7.14 Å². The van der Waals surface area contributed by atoms with Gasteiger partial charge in [0.1, 0.15) is 0 Å². The van der Waals surface area contributed by atoms with Gasteiger partial charge >= 0.3 is 0 Å². The maximum atomic E-state index is 15.9. The summed E-state index contributed by atoms with van der Waals surface area (Å²) in [7, 11) is -3.30. The normalized spacial score (nSPS) is 12.0. The number of hydrogen-bond acceptors (Lipinski definition) is 3. The van der Waals surface area contributed by atoms with Crippen molar-refractivity contribution in [2.75, 3.05) is 0 Å². The summed E-state index contributed by atoms with van der Waals surface area (Å²) in [6, 6.07) is 55.6. The molecular formula is C42H27N2OP. The van der Waals surface area contributed by atoms with E-state index in [2.05, 4.69) is 97.1 Å². The van der Waals surface area contributed by atoms with Gasteiger partial charge in [-0.05, 0) is 56.9 Å². The van der Waals surface area contributed by atoms with E-state index in [9.17, 15) is 0 Å². The first-order valence-corrected chi connectivity index (χ1v) is 17.2. The Labute approximate surface area is 266 Å². The van der Waals surface area contributed by atoms with E-state index in [0.29, 0.717) is 5.82 Å². The van der Waals surface area contributed by atoms with Crippen LogP contribution in [0.15, 0.2) is 164 Å². The second-order valence-corrected chi connectivity index (χ2v) is 14.4. The molecule has 0 bridgehead atoms. The fourth-order valence-electron chi connectivity index (χ4n) is 6.91. The molecule has 9 aromatic rings. The fraction of sp³-hybridized carbons (Fsp3) is 0. The van der Waals surface area contributed by atoms with E-state index in [1.807, 2.05) is 66.7 Å². The van der Waals surface area contributed by atoms with Gasteiger partial charge in [-0.25, -0.2) is 9.97 Å². The van der Waals surface area contributed by atoms with E-state index >= 15 is 4.57 Å². The Kier molecular flexibility index (Phi) is 6.09. The zero-order valence-electron chi connectivity index (χ0n) is 24.8. The number of hydrogen-bond donors (Lipinski definition) is 0. The average Bonchev–Trinajstić information content (AvgIpc) is 3.14. The molecule has 0 amide bonds. The summed E-state index contributed by atoms with van der Waals surface area (Å²) >= 11 is 0. The molecule has 3 nitrogen and oxygen atoms in total. The lowest BCUT2D eigenvalue weighted by atomic mass is 9.92. The lowest BCUT2D eigenvalue weighted by Crippen LogP contribution is -2.26. The summed E-state index contributed by atoms with van der Waals surface area (Å²) in [4.78, 5) is 10.3. The molecule has 1 heterocycles. The Bertz CT molecular complexity index is 2540. The third kappa shape index (κ3) is 4.10. The second-order valence-electron chi connectivity index (χ2n) is 11.7. The maximum Gasteiger partial charge on any atom is 0.171 e. The van der Waals surface area contributed by atoms with Crippen molar-refractivity contribution >= 4 is 66.4 Å². The SMILES string of the molecule is O=P(c1ccccc1)(c1ccccc1)c1cc(-c2ccccc2)c2ccc3nc(-c4ccc5ccccc5c4)nc4ccc1c2c34. The summed E-state index contributed by atoms with van der Waals surface area (Å²) in [5.41, 5.74) is 4.84. The molecule has 0 radical (unpaired) electrons. The van der Waals surface area contributed by atoms with Crippen molar-refractivity contribution in [2.24, 2.45) is 0 Å². The first-order chi connectivity index (χ1) is 22.7. The number of rotatable bonds is 5. The van der Waals surface area contributed by atoms with Crippen LogP contribution in [0.1, 0.15) is 0 Å². The van der Waals surface area contributed by atoms with Gasteiger partial charge in [0.2, 0.25) is 0 Å². The zero-order valence-corrected chi connectivity index (χ0v) is 25.7. The van der Waals surface area contributed by atoms with Crippen LogP contribution in [0.5, 0.6) is 0 Å². The van der Waals surface area contributed by atoms with Crippen LogP contribution in [0.3, 0.4) is 0 Å². The van der Waals surface area contributed by atoms with Gasteiger partial charge in [-0.15, -0.1) is 0 Å². The van der Waals surface area contributed by atoms with Crippen molar-refractivity contribution in [1.29, 1.82) is 0 Å². The third-order valence-electron chi connectivity index (χ3n) is 9.09. The summed E-state index contributed by atoms with van der Waals surface area (Å²) < 4.78 is 15.9. The minimum absolute atomic E-state index is 0.694. The van der Waals surface area contributed by atoms with Crippen molar-refractivity contribution in [3.63, 3.8) is 0 Å². The molecular weight excluding hydrogens is 579 g/mol. The summed E-state index contributed by atoms with van der Waals surface area (Å²) in [6.07, 6.45) is 0. The van der Waals surface area contributed by atoms with E-state index in [1.165, 1.54) is 5.39 Å². The van der Waals surface area contributed by atoms with Gasteiger partial charge in [-0.2, -0.15) is 0 Å². The average molecular weight is 607 g/mol. The zero-order chi connectivity index (χ0) is 30.7. The van der Waals surface area contributed by atoms with Gasteiger partial charge in [-0.1, -0.05) is 140 Å². The molecule has 9 rings (SSSR count). The van der Waals surface area contributed by atoms with Crippen molar-refractivity contribution in [2.45, 2.75) is 0 Å². The Morgan fingerprint density at radius 1 is 0.435 bits per heavy atom. The van der Waals surface area contributed by atoms with Crippen LogP contribution in [0.4, 0.5) is 0 Å². The highest BCUT2D eigenvalue weighted by Crippen LogP contribution is 2.48. The molecule has 1 aromatic heterocycles.